The van der Waals surface area contributed by atoms with Gasteiger partial charge >= 0.3 is 0 Å². The van der Waals surface area contributed by atoms with E-state index in [9.17, 15) is 4.48 Å². The van der Waals surface area contributed by atoms with Gasteiger partial charge in [0.2, 0.25) is 0 Å². The van der Waals surface area contributed by atoms with Crippen molar-refractivity contribution in [1.29, 1.82) is 0 Å². The number of halogens is 3. The molecule has 0 bridgehead atoms. The molecule has 0 saturated heterocycles. The molecule has 1 aromatic carbocycles. The van der Waals surface area contributed by atoms with Crippen LogP contribution in [-0.4, -0.2) is 12.0 Å². The van der Waals surface area contributed by atoms with Crippen molar-refractivity contribution in [1.82, 2.24) is 4.98 Å². The van der Waals surface area contributed by atoms with Gasteiger partial charge in [0.15, 0.2) is 5.82 Å². The van der Waals surface area contributed by atoms with Crippen LogP contribution in [0.4, 0.5) is 10.3 Å². The van der Waals surface area contributed by atoms with Gasteiger partial charge in [-0.25, -0.2) is 4.98 Å². The molecule has 78 valence electrons. The number of hydrogen-bond acceptors (Lipinski definition) is 2. The van der Waals surface area contributed by atoms with Crippen LogP contribution in [0.5, 0.6) is 0 Å². The summed E-state index contributed by atoms with van der Waals surface area (Å²) in [6.07, 6.45) is 1.67. The van der Waals surface area contributed by atoms with Gasteiger partial charge in [0.25, 0.3) is 0 Å². The van der Waals surface area contributed by atoms with Crippen LogP contribution in [0.25, 0.3) is 10.8 Å². The zero-order valence-corrected chi connectivity index (χ0v) is 11.6. The number of anilines is 1. The summed E-state index contributed by atoms with van der Waals surface area (Å²) in [7, 11) is 1.33. The molecule has 2 rings (SSSR count). The predicted molar refractivity (Wildman–Crippen MR) is 71.7 cm³/mol. The van der Waals surface area contributed by atoms with Crippen molar-refractivity contribution < 1.29 is 4.48 Å². The molecule has 1 heterocycles. The summed E-state index contributed by atoms with van der Waals surface area (Å²) in [5.74, 6) is 0.320. The summed E-state index contributed by atoms with van der Waals surface area (Å²) >= 11 is 5.67. The maximum atomic E-state index is 12.9. The molecule has 0 aliphatic rings. The lowest BCUT2D eigenvalue weighted by Crippen LogP contribution is -2.04. The molecule has 0 fully saturated rings. The van der Waals surface area contributed by atoms with Gasteiger partial charge in [-0.3, -0.25) is 0 Å². The second kappa shape index (κ2) is 4.21. The molecule has 0 aliphatic carbocycles. The highest BCUT2D eigenvalue weighted by Crippen LogP contribution is 2.27. The number of rotatable bonds is 1. The van der Waals surface area contributed by atoms with Crippen LogP contribution < -0.4 is 5.12 Å². The first-order valence-corrected chi connectivity index (χ1v) is 6.09. The van der Waals surface area contributed by atoms with Crippen LogP contribution in [0, 0.1) is 3.57 Å². The van der Waals surface area contributed by atoms with E-state index in [0.717, 1.165) is 18.8 Å². The Kier molecular flexibility index (Phi) is 3.11. The predicted octanol–water partition coefficient (Wildman–Crippen LogP) is 3.92. The fraction of sp³-hybridized carbons (Fsp3) is 0.100. The number of pyridine rings is 1. The minimum Gasteiger partial charge on any atom is -0.236 e. The van der Waals surface area contributed by atoms with Crippen LogP contribution in [0.2, 0.25) is 0 Å². The van der Waals surface area contributed by atoms with E-state index in [1.54, 1.807) is 12.3 Å². The normalized spacial score (nSPS) is 10.7. The Balaban J connectivity index is 2.66. The molecule has 5 heteroatoms. The Morgan fingerprint density at radius 2 is 2.07 bits per heavy atom. The molecule has 0 radical (unpaired) electrons. The van der Waals surface area contributed by atoms with Crippen LogP contribution in [-0.2, 0) is 0 Å². The smallest absolute Gasteiger partial charge is 0.157 e. The fourth-order valence-corrected chi connectivity index (χ4v) is 2.15. The van der Waals surface area contributed by atoms with E-state index in [0.29, 0.717) is 10.9 Å². The maximum absolute atomic E-state index is 12.9. The second-order valence-electron chi connectivity index (χ2n) is 3.13. The molecule has 2 nitrogen and oxygen atoms in total. The van der Waals surface area contributed by atoms with Crippen molar-refractivity contribution in [2.24, 2.45) is 0 Å². The quantitative estimate of drug-likeness (QED) is 0.550. The van der Waals surface area contributed by atoms with Gasteiger partial charge in [0.05, 0.1) is 0 Å². The highest BCUT2D eigenvalue weighted by molar-refractivity contribution is 14.1. The van der Waals surface area contributed by atoms with Crippen molar-refractivity contribution in [2.45, 2.75) is 0 Å². The zero-order valence-electron chi connectivity index (χ0n) is 7.84. The summed E-state index contributed by atoms with van der Waals surface area (Å²) in [6.45, 7) is 0. The van der Waals surface area contributed by atoms with Crippen molar-refractivity contribution >= 4 is 55.1 Å². The minimum atomic E-state index is 0.320. The Bertz CT molecular complexity index is 516. The Hall–Kier alpha value is -0.430. The standard InChI is InChI=1S/C10H7BrFIN2/c1-15(12)10-4-6-3-9(13)8(11)2-7(6)5-14-10/h2-5H,1H3. The van der Waals surface area contributed by atoms with Gasteiger partial charge in [-0.05, 0) is 62.1 Å². The van der Waals surface area contributed by atoms with Crippen LogP contribution in [0.1, 0.15) is 0 Å². The number of nitrogens with zero attached hydrogens (tertiary/aromatic N) is 2. The summed E-state index contributed by atoms with van der Waals surface area (Å²) in [5, 5.41) is 2.49. The van der Waals surface area contributed by atoms with Crippen LogP contribution >= 0.6 is 38.5 Å². The Labute approximate surface area is 109 Å². The average Bonchev–Trinajstić information content (AvgIpc) is 2.19. The lowest BCUT2D eigenvalue weighted by molar-refractivity contribution is 0.470. The summed E-state index contributed by atoms with van der Waals surface area (Å²) < 4.78 is 15.0. The third kappa shape index (κ3) is 2.23. The minimum absolute atomic E-state index is 0.320. The molecule has 0 amide bonds. The number of benzene rings is 1. The van der Waals surface area contributed by atoms with Crippen LogP contribution in [0.15, 0.2) is 28.9 Å². The van der Waals surface area contributed by atoms with Crippen molar-refractivity contribution in [3.63, 3.8) is 0 Å². The van der Waals surface area contributed by atoms with E-state index in [1.807, 2.05) is 12.1 Å². The number of aromatic nitrogens is 1. The topological polar surface area (TPSA) is 16.1 Å². The first-order chi connectivity index (χ1) is 7.08. The van der Waals surface area contributed by atoms with Crippen molar-refractivity contribution in [2.75, 3.05) is 12.2 Å². The van der Waals surface area contributed by atoms with Crippen molar-refractivity contribution in [3.8, 4) is 0 Å². The zero-order chi connectivity index (χ0) is 11.0. The molecule has 2 aromatic rings. The highest BCUT2D eigenvalue weighted by Gasteiger charge is 2.04. The Morgan fingerprint density at radius 1 is 1.33 bits per heavy atom. The van der Waals surface area contributed by atoms with Crippen molar-refractivity contribution in [3.05, 3.63) is 32.4 Å². The summed E-state index contributed by atoms with van der Waals surface area (Å²) in [4.78, 5) is 4.00. The van der Waals surface area contributed by atoms with Gasteiger partial charge < -0.3 is 0 Å². The van der Waals surface area contributed by atoms with Gasteiger partial charge in [-0.1, -0.05) is 4.48 Å². The second-order valence-corrected chi connectivity index (χ2v) is 5.15. The van der Waals surface area contributed by atoms with Gasteiger partial charge in [-0.2, -0.15) is 5.12 Å². The molecule has 0 unspecified atom stereocenters. The van der Waals surface area contributed by atoms with E-state index in [-0.39, 0.29) is 0 Å². The van der Waals surface area contributed by atoms with E-state index < -0.39 is 0 Å². The summed E-state index contributed by atoms with van der Waals surface area (Å²) in [6, 6.07) is 5.70. The van der Waals surface area contributed by atoms with E-state index in [1.165, 1.54) is 7.05 Å². The molecule has 0 saturated carbocycles. The third-order valence-corrected chi connectivity index (χ3v) is 4.35. The molecule has 1 aromatic heterocycles. The maximum Gasteiger partial charge on any atom is 0.157 e. The van der Waals surface area contributed by atoms with E-state index >= 15 is 0 Å². The van der Waals surface area contributed by atoms with Crippen LogP contribution in [0.3, 0.4) is 0 Å². The molecule has 0 atom stereocenters. The van der Waals surface area contributed by atoms with E-state index in [2.05, 4.69) is 43.5 Å². The monoisotopic (exact) mass is 380 g/mol. The lowest BCUT2D eigenvalue weighted by atomic mass is 10.2. The largest absolute Gasteiger partial charge is 0.236 e. The SMILES string of the molecule is CN(F)c1cc2cc(I)c(Br)cc2cn1. The molecule has 0 N–H and O–H groups in total. The molecular weight excluding hydrogens is 374 g/mol. The average molecular weight is 381 g/mol. The first-order valence-electron chi connectivity index (χ1n) is 4.22. The highest BCUT2D eigenvalue weighted by atomic mass is 127. The first kappa shape index (κ1) is 11.1. The fourth-order valence-electron chi connectivity index (χ4n) is 1.29. The molecular formula is C10H7BrFIN2. The summed E-state index contributed by atoms with van der Waals surface area (Å²) in [5.41, 5.74) is 0. The molecule has 15 heavy (non-hydrogen) atoms. The van der Waals surface area contributed by atoms with Gasteiger partial charge in [-0.15, -0.1) is 0 Å². The lowest BCUT2D eigenvalue weighted by Gasteiger charge is -2.07. The molecule has 0 aliphatic heterocycles. The van der Waals surface area contributed by atoms with E-state index in [4.69, 9.17) is 0 Å². The van der Waals surface area contributed by atoms with Gasteiger partial charge in [0.1, 0.15) is 0 Å². The van der Waals surface area contributed by atoms with Gasteiger partial charge in [0, 0.05) is 26.7 Å². The Morgan fingerprint density at radius 3 is 2.73 bits per heavy atom. The molecule has 0 spiro atoms. The number of fused-ring (bicyclic) bond motifs is 1. The third-order valence-electron chi connectivity index (χ3n) is 2.06. The number of hydrogen-bond donors (Lipinski definition) is 0.